The minimum atomic E-state index is -2.22. The molecule has 7 rings (SSSR count). The molecule has 0 bridgehead atoms. The molecule has 8 atom stereocenters. The Bertz CT molecular complexity index is 1890. The van der Waals surface area contributed by atoms with Crippen LogP contribution in [0.3, 0.4) is 0 Å². The van der Waals surface area contributed by atoms with Crippen LogP contribution in [-0.2, 0) is 39.7 Å². The van der Waals surface area contributed by atoms with Crippen molar-refractivity contribution in [3.63, 3.8) is 0 Å². The number of aliphatic hydroxyl groups is 1. The Morgan fingerprint density at radius 3 is 2.47 bits per heavy atom. The lowest BCUT2D eigenvalue weighted by Crippen LogP contribution is -2.55. The Labute approximate surface area is 317 Å². The molecule has 6 unspecified atom stereocenters. The van der Waals surface area contributed by atoms with Crippen molar-refractivity contribution in [2.75, 3.05) is 68.1 Å². The standard InChI is InChI=1S/C38H48N4O13/c1-18-34-21(42-12-13-52-36(51-6)35(42)55-34)14-25(53-18)54-23-16-38(49,37(48)41(4)11-10-40(3)24(43)17-39-2)15-20-27(23)33(47)29-28(31(20)45)30(44)19-8-7-9-22(50-5)26(19)32(29)46/h7-9,18,21,23,25,34-36,39,45,47,49H,10-17H2,1-6H3/t18?,21?,23-,25?,34?,35?,36?,38-/m0/s1. The number of rotatable bonds is 10. The van der Waals surface area contributed by atoms with Crippen molar-refractivity contribution >= 4 is 23.4 Å². The molecule has 0 radical (unpaired) electrons. The maximum absolute atomic E-state index is 14.2. The lowest BCUT2D eigenvalue weighted by molar-refractivity contribution is -0.256. The number of carbonyl (C=O) groups is 4. The molecule has 0 spiro atoms. The number of carbonyl (C=O) groups excluding carboxylic acids is 4. The van der Waals surface area contributed by atoms with Crippen LogP contribution in [0.1, 0.15) is 68.8 Å². The van der Waals surface area contributed by atoms with Gasteiger partial charge in [-0.3, -0.25) is 24.1 Å². The Morgan fingerprint density at radius 1 is 1.04 bits per heavy atom. The zero-order valence-corrected chi connectivity index (χ0v) is 31.7. The highest BCUT2D eigenvalue weighted by Gasteiger charge is 2.55. The second-order valence-electron chi connectivity index (χ2n) is 14.8. The summed E-state index contributed by atoms with van der Waals surface area (Å²) >= 11 is 0. The quantitative estimate of drug-likeness (QED) is 0.205. The molecule has 4 N–H and O–H groups in total. The molecule has 298 valence electrons. The third-order valence-corrected chi connectivity index (χ3v) is 11.4. The number of nitrogens with zero attached hydrogens (tertiary/aromatic N) is 3. The van der Waals surface area contributed by atoms with Crippen LogP contribution < -0.4 is 10.1 Å². The molecule has 17 nitrogen and oxygen atoms in total. The summed E-state index contributed by atoms with van der Waals surface area (Å²) in [6.07, 6.45) is -4.84. The second kappa shape index (κ2) is 15.0. The number of likely N-dealkylation sites (N-methyl/N-ethyl adjacent to an activating group) is 3. The summed E-state index contributed by atoms with van der Waals surface area (Å²) in [5.74, 6) is -3.57. The van der Waals surface area contributed by atoms with E-state index in [1.54, 1.807) is 21.2 Å². The van der Waals surface area contributed by atoms with Gasteiger partial charge in [-0.2, -0.15) is 0 Å². The van der Waals surface area contributed by atoms with Gasteiger partial charge >= 0.3 is 0 Å². The van der Waals surface area contributed by atoms with Gasteiger partial charge in [0.15, 0.2) is 24.6 Å². The van der Waals surface area contributed by atoms with Gasteiger partial charge in [0.05, 0.1) is 49.2 Å². The van der Waals surface area contributed by atoms with Gasteiger partial charge < -0.3 is 58.9 Å². The van der Waals surface area contributed by atoms with E-state index in [1.807, 2.05) is 6.92 Å². The molecule has 5 aliphatic rings. The van der Waals surface area contributed by atoms with E-state index in [0.717, 1.165) is 0 Å². The zero-order chi connectivity index (χ0) is 39.5. The molecule has 3 heterocycles. The number of hydrogen-bond donors (Lipinski definition) is 4. The monoisotopic (exact) mass is 768 g/mol. The van der Waals surface area contributed by atoms with Crippen LogP contribution in [-0.4, -0.2) is 164 Å². The van der Waals surface area contributed by atoms with Crippen LogP contribution in [0.2, 0.25) is 0 Å². The molecule has 3 aliphatic heterocycles. The van der Waals surface area contributed by atoms with Gasteiger partial charge in [0.2, 0.25) is 11.7 Å². The van der Waals surface area contributed by atoms with Gasteiger partial charge in [-0.25, -0.2) is 0 Å². The fourth-order valence-electron chi connectivity index (χ4n) is 8.66. The summed E-state index contributed by atoms with van der Waals surface area (Å²) in [6.45, 7) is 3.15. The highest BCUT2D eigenvalue weighted by atomic mass is 16.7. The third kappa shape index (κ3) is 6.55. The van der Waals surface area contributed by atoms with Gasteiger partial charge in [-0.1, -0.05) is 12.1 Å². The number of ether oxygens (including phenoxy) is 6. The summed E-state index contributed by atoms with van der Waals surface area (Å²) in [5.41, 5.74) is -3.36. The van der Waals surface area contributed by atoms with E-state index >= 15 is 0 Å². The van der Waals surface area contributed by atoms with Gasteiger partial charge in [0.1, 0.15) is 29.0 Å². The largest absolute Gasteiger partial charge is 0.507 e. The minimum Gasteiger partial charge on any atom is -0.507 e. The number of methoxy groups -OCH3 is 2. The first-order chi connectivity index (χ1) is 26.2. The number of amides is 2. The molecule has 2 aromatic rings. The summed E-state index contributed by atoms with van der Waals surface area (Å²) in [6, 6.07) is 4.28. The molecule has 0 saturated carbocycles. The van der Waals surface area contributed by atoms with Crippen LogP contribution in [0.5, 0.6) is 17.2 Å². The summed E-state index contributed by atoms with van der Waals surface area (Å²) in [7, 11) is 7.62. The number of benzene rings is 2. The van der Waals surface area contributed by atoms with E-state index < -0.39 is 89.6 Å². The molecule has 2 amide bonds. The number of ketones is 2. The smallest absolute Gasteiger partial charge is 0.254 e. The van der Waals surface area contributed by atoms with Crippen LogP contribution in [0.4, 0.5) is 0 Å². The molecule has 2 aromatic carbocycles. The van der Waals surface area contributed by atoms with Gasteiger partial charge in [-0.15, -0.1) is 0 Å². The average molecular weight is 769 g/mol. The molecular formula is C38H48N4O13. The predicted molar refractivity (Wildman–Crippen MR) is 191 cm³/mol. The van der Waals surface area contributed by atoms with Crippen LogP contribution in [0, 0.1) is 0 Å². The van der Waals surface area contributed by atoms with Crippen molar-refractivity contribution in [1.29, 1.82) is 0 Å². The molecular weight excluding hydrogens is 720 g/mol. The summed E-state index contributed by atoms with van der Waals surface area (Å²) < 4.78 is 35.9. The van der Waals surface area contributed by atoms with Gasteiger partial charge in [0.25, 0.3) is 5.91 Å². The second-order valence-corrected chi connectivity index (χ2v) is 14.8. The number of morpholine rings is 1. The lowest BCUT2D eigenvalue weighted by atomic mass is 9.72. The van der Waals surface area contributed by atoms with Crippen molar-refractivity contribution in [1.82, 2.24) is 20.0 Å². The van der Waals surface area contributed by atoms with Crippen LogP contribution in [0.15, 0.2) is 18.2 Å². The number of phenols is 2. The molecule has 2 aliphatic carbocycles. The molecule has 3 saturated heterocycles. The normalized spacial score (nSPS) is 29.8. The van der Waals surface area contributed by atoms with E-state index in [0.29, 0.717) is 13.2 Å². The fourth-order valence-corrected chi connectivity index (χ4v) is 8.66. The Kier molecular flexibility index (Phi) is 10.7. The van der Waals surface area contributed by atoms with Crippen molar-refractivity contribution in [3.05, 3.63) is 51.6 Å². The van der Waals surface area contributed by atoms with Crippen molar-refractivity contribution in [2.45, 2.75) is 74.9 Å². The molecule has 55 heavy (non-hydrogen) atoms. The first kappa shape index (κ1) is 39.1. The number of fused-ring (bicyclic) bond motifs is 6. The van der Waals surface area contributed by atoms with Crippen molar-refractivity contribution in [2.24, 2.45) is 0 Å². The van der Waals surface area contributed by atoms with Gasteiger partial charge in [-0.05, 0) is 20.0 Å². The fraction of sp³-hybridized carbons (Fsp3) is 0.579. The van der Waals surface area contributed by atoms with Crippen LogP contribution >= 0.6 is 0 Å². The summed E-state index contributed by atoms with van der Waals surface area (Å²) in [4.78, 5) is 59.5. The number of aromatic hydroxyl groups is 2. The lowest BCUT2D eigenvalue weighted by Gasteiger charge is -2.44. The first-order valence-electron chi connectivity index (χ1n) is 18.3. The summed E-state index contributed by atoms with van der Waals surface area (Å²) in [5, 5.41) is 39.0. The maximum Gasteiger partial charge on any atom is 0.254 e. The zero-order valence-electron chi connectivity index (χ0n) is 31.7. The van der Waals surface area contributed by atoms with Crippen molar-refractivity contribution < 1.29 is 62.9 Å². The Balaban J connectivity index is 1.26. The SMILES string of the molecule is CNCC(=O)N(C)CCN(C)C(=O)[C@]1(O)Cc2c(O)c3c(c(O)c2[C@@H](OC2CC4C(OC5C(OC)OCCN45)C(C)O2)C1)C(=O)c1c(OC)cccc1C3=O. The van der Waals surface area contributed by atoms with E-state index in [4.69, 9.17) is 28.4 Å². The van der Waals surface area contributed by atoms with E-state index in [1.165, 1.54) is 42.2 Å². The van der Waals surface area contributed by atoms with Crippen molar-refractivity contribution in [3.8, 4) is 17.2 Å². The molecule has 0 aromatic heterocycles. The third-order valence-electron chi connectivity index (χ3n) is 11.4. The minimum absolute atomic E-state index is 0.0341. The number of phenolic OH excluding ortho intramolecular Hbond substituents is 2. The number of nitrogens with one attached hydrogen (secondary N) is 1. The molecule has 17 heteroatoms. The van der Waals surface area contributed by atoms with Crippen LogP contribution in [0.25, 0.3) is 0 Å². The van der Waals surface area contributed by atoms with Gasteiger partial charge in [0, 0.05) is 82.8 Å². The predicted octanol–water partition coefficient (Wildman–Crippen LogP) is 0.286. The highest BCUT2D eigenvalue weighted by Crippen LogP contribution is 2.53. The number of hydrogen-bond acceptors (Lipinski definition) is 15. The van der Waals surface area contributed by atoms with E-state index in [2.05, 4.69) is 10.2 Å². The first-order valence-corrected chi connectivity index (χ1v) is 18.3. The molecule has 3 fully saturated rings. The average Bonchev–Trinajstić information content (AvgIpc) is 3.55. The van der Waals surface area contributed by atoms with E-state index in [-0.39, 0.29) is 72.1 Å². The highest BCUT2D eigenvalue weighted by molar-refractivity contribution is 6.31. The van der Waals surface area contributed by atoms with E-state index in [9.17, 15) is 34.5 Å². The Morgan fingerprint density at radius 2 is 1.76 bits per heavy atom. The topological polar surface area (TPSA) is 206 Å². The Hall–Kier alpha value is -4.20. The maximum atomic E-state index is 14.2.